The van der Waals surface area contributed by atoms with Crippen LogP contribution >= 0.6 is 0 Å². The first-order valence-corrected chi connectivity index (χ1v) is 7.90. The fourth-order valence-corrected chi connectivity index (χ4v) is 2.75. The summed E-state index contributed by atoms with van der Waals surface area (Å²) in [4.78, 5) is 2.51. The first-order valence-electron chi connectivity index (χ1n) is 7.90. The molecule has 1 atom stereocenters. The molecule has 0 aliphatic carbocycles. The number of ether oxygens (including phenoxy) is 1. The molecule has 1 aliphatic rings. The summed E-state index contributed by atoms with van der Waals surface area (Å²) >= 11 is 0. The summed E-state index contributed by atoms with van der Waals surface area (Å²) in [5.41, 5.74) is 1.28. The van der Waals surface area contributed by atoms with Gasteiger partial charge in [-0.05, 0) is 57.5 Å². The quantitative estimate of drug-likeness (QED) is 0.828. The molecule has 20 heavy (non-hydrogen) atoms. The van der Waals surface area contributed by atoms with Crippen molar-refractivity contribution in [3.05, 3.63) is 29.8 Å². The number of benzene rings is 1. The maximum atomic E-state index is 5.83. The van der Waals surface area contributed by atoms with E-state index in [0.29, 0.717) is 0 Å². The van der Waals surface area contributed by atoms with Crippen molar-refractivity contribution in [2.75, 3.05) is 39.3 Å². The Balaban J connectivity index is 1.68. The molecule has 1 aromatic rings. The van der Waals surface area contributed by atoms with Gasteiger partial charge in [-0.25, -0.2) is 0 Å². The Morgan fingerprint density at radius 1 is 1.30 bits per heavy atom. The van der Waals surface area contributed by atoms with E-state index in [1.54, 1.807) is 0 Å². The van der Waals surface area contributed by atoms with Crippen molar-refractivity contribution in [1.82, 2.24) is 10.2 Å². The van der Waals surface area contributed by atoms with Gasteiger partial charge in [0.1, 0.15) is 12.4 Å². The topological polar surface area (TPSA) is 24.5 Å². The minimum absolute atomic E-state index is 0.775. The lowest BCUT2D eigenvalue weighted by molar-refractivity contribution is 0.179. The van der Waals surface area contributed by atoms with E-state index in [1.807, 2.05) is 0 Å². The van der Waals surface area contributed by atoms with E-state index in [9.17, 15) is 0 Å². The highest BCUT2D eigenvalue weighted by Crippen LogP contribution is 2.13. The third-order valence-electron chi connectivity index (χ3n) is 4.06. The molecule has 1 unspecified atom stereocenters. The van der Waals surface area contributed by atoms with E-state index in [2.05, 4.69) is 48.3 Å². The van der Waals surface area contributed by atoms with Crippen molar-refractivity contribution in [3.63, 3.8) is 0 Å². The molecule has 3 nitrogen and oxygen atoms in total. The van der Waals surface area contributed by atoms with Crippen LogP contribution < -0.4 is 10.1 Å². The highest BCUT2D eigenvalue weighted by molar-refractivity contribution is 5.26. The summed E-state index contributed by atoms with van der Waals surface area (Å²) in [6.45, 7) is 10.8. The number of nitrogens with one attached hydrogen (secondary N) is 1. The van der Waals surface area contributed by atoms with E-state index in [0.717, 1.165) is 31.4 Å². The molecule has 0 spiro atoms. The Hall–Kier alpha value is -1.06. The second-order valence-electron chi connectivity index (χ2n) is 5.77. The molecule has 1 heterocycles. The monoisotopic (exact) mass is 276 g/mol. The molecule has 112 valence electrons. The molecular weight excluding hydrogens is 248 g/mol. The molecule has 0 bridgehead atoms. The maximum absolute atomic E-state index is 5.83. The van der Waals surface area contributed by atoms with Crippen LogP contribution in [0.4, 0.5) is 0 Å². The lowest BCUT2D eigenvalue weighted by atomic mass is 9.99. The summed E-state index contributed by atoms with van der Waals surface area (Å²) in [5.74, 6) is 1.79. The van der Waals surface area contributed by atoms with E-state index in [4.69, 9.17) is 4.74 Å². The summed E-state index contributed by atoms with van der Waals surface area (Å²) in [7, 11) is 0. The van der Waals surface area contributed by atoms with Gasteiger partial charge in [0, 0.05) is 13.1 Å². The molecule has 1 saturated heterocycles. The van der Waals surface area contributed by atoms with Gasteiger partial charge in [-0.1, -0.05) is 24.6 Å². The molecular formula is C17H28N2O. The lowest BCUT2D eigenvalue weighted by Gasteiger charge is -2.29. The van der Waals surface area contributed by atoms with Gasteiger partial charge in [-0.15, -0.1) is 0 Å². The highest BCUT2D eigenvalue weighted by Gasteiger charge is 2.15. The van der Waals surface area contributed by atoms with Crippen molar-refractivity contribution < 1.29 is 4.74 Å². The summed E-state index contributed by atoms with van der Waals surface area (Å²) < 4.78 is 5.83. The SMILES string of the molecule is CCN(CCOc1ccc(C)cc1)CC1CCCNC1. The van der Waals surface area contributed by atoms with Gasteiger partial charge in [0.15, 0.2) is 0 Å². The van der Waals surface area contributed by atoms with Gasteiger partial charge in [-0.2, -0.15) is 0 Å². The number of hydrogen-bond donors (Lipinski definition) is 1. The zero-order chi connectivity index (χ0) is 14.2. The predicted molar refractivity (Wildman–Crippen MR) is 84.4 cm³/mol. The van der Waals surface area contributed by atoms with Crippen LogP contribution in [0.2, 0.25) is 0 Å². The van der Waals surface area contributed by atoms with Crippen LogP contribution in [-0.2, 0) is 0 Å². The molecule has 0 amide bonds. The van der Waals surface area contributed by atoms with Crippen LogP contribution in [0, 0.1) is 12.8 Å². The Morgan fingerprint density at radius 3 is 2.75 bits per heavy atom. The van der Waals surface area contributed by atoms with Crippen LogP contribution in [0.25, 0.3) is 0 Å². The van der Waals surface area contributed by atoms with Crippen LogP contribution in [0.3, 0.4) is 0 Å². The van der Waals surface area contributed by atoms with Crippen LogP contribution in [0.15, 0.2) is 24.3 Å². The first kappa shape index (κ1) is 15.3. The van der Waals surface area contributed by atoms with E-state index >= 15 is 0 Å². The Kier molecular flexibility index (Phi) is 6.34. The standard InChI is InChI=1S/C17H28N2O/c1-3-19(14-16-5-4-10-18-13-16)11-12-20-17-8-6-15(2)7-9-17/h6-9,16,18H,3-5,10-14H2,1-2H3. The van der Waals surface area contributed by atoms with Gasteiger partial charge in [0.25, 0.3) is 0 Å². The average Bonchev–Trinajstić information content (AvgIpc) is 2.49. The minimum atomic E-state index is 0.775. The van der Waals surface area contributed by atoms with E-state index < -0.39 is 0 Å². The molecule has 0 saturated carbocycles. The Labute approximate surface area is 123 Å². The van der Waals surface area contributed by atoms with Gasteiger partial charge in [0.05, 0.1) is 0 Å². The minimum Gasteiger partial charge on any atom is -0.492 e. The maximum Gasteiger partial charge on any atom is 0.119 e. The average molecular weight is 276 g/mol. The zero-order valence-electron chi connectivity index (χ0n) is 12.9. The predicted octanol–water partition coefficient (Wildman–Crippen LogP) is 2.70. The third kappa shape index (κ3) is 5.14. The molecule has 2 rings (SSSR count). The summed E-state index contributed by atoms with van der Waals surface area (Å²) in [6.07, 6.45) is 2.68. The molecule has 0 radical (unpaired) electrons. The van der Waals surface area contributed by atoms with Gasteiger partial charge < -0.3 is 10.1 Å². The van der Waals surface area contributed by atoms with Crippen LogP contribution in [0.5, 0.6) is 5.75 Å². The number of hydrogen-bond acceptors (Lipinski definition) is 3. The summed E-state index contributed by atoms with van der Waals surface area (Å²) in [5, 5.41) is 3.49. The Morgan fingerprint density at radius 2 is 2.10 bits per heavy atom. The smallest absolute Gasteiger partial charge is 0.119 e. The van der Waals surface area contributed by atoms with Crippen molar-refractivity contribution in [2.24, 2.45) is 5.92 Å². The van der Waals surface area contributed by atoms with Crippen LogP contribution in [0.1, 0.15) is 25.3 Å². The number of likely N-dealkylation sites (N-methyl/N-ethyl adjacent to an activating group) is 1. The van der Waals surface area contributed by atoms with Crippen molar-refractivity contribution in [1.29, 1.82) is 0 Å². The number of aryl methyl sites for hydroxylation is 1. The van der Waals surface area contributed by atoms with Crippen molar-refractivity contribution in [2.45, 2.75) is 26.7 Å². The number of piperidine rings is 1. The third-order valence-corrected chi connectivity index (χ3v) is 4.06. The Bertz CT molecular complexity index is 371. The van der Waals surface area contributed by atoms with E-state index in [1.165, 1.54) is 38.0 Å². The second-order valence-corrected chi connectivity index (χ2v) is 5.77. The molecule has 1 N–H and O–H groups in total. The fourth-order valence-electron chi connectivity index (χ4n) is 2.75. The molecule has 1 fully saturated rings. The van der Waals surface area contributed by atoms with E-state index in [-0.39, 0.29) is 0 Å². The number of rotatable bonds is 7. The molecule has 0 aromatic heterocycles. The second kappa shape index (κ2) is 8.28. The molecule has 1 aromatic carbocycles. The first-order chi connectivity index (χ1) is 9.78. The number of nitrogens with zero attached hydrogens (tertiary/aromatic N) is 1. The normalized spacial score (nSPS) is 19.2. The zero-order valence-corrected chi connectivity index (χ0v) is 12.9. The molecule has 3 heteroatoms. The van der Waals surface area contributed by atoms with Gasteiger partial charge in [0.2, 0.25) is 0 Å². The summed E-state index contributed by atoms with van der Waals surface area (Å²) in [6, 6.07) is 8.30. The van der Waals surface area contributed by atoms with Crippen molar-refractivity contribution >= 4 is 0 Å². The fraction of sp³-hybridized carbons (Fsp3) is 0.647. The van der Waals surface area contributed by atoms with Crippen LogP contribution in [-0.4, -0.2) is 44.2 Å². The van der Waals surface area contributed by atoms with Gasteiger partial charge in [-0.3, -0.25) is 4.90 Å². The lowest BCUT2D eigenvalue weighted by Crippen LogP contribution is -2.39. The van der Waals surface area contributed by atoms with Crippen molar-refractivity contribution in [3.8, 4) is 5.75 Å². The largest absolute Gasteiger partial charge is 0.492 e. The highest BCUT2D eigenvalue weighted by atomic mass is 16.5. The van der Waals surface area contributed by atoms with Gasteiger partial charge >= 0.3 is 0 Å². The molecule has 1 aliphatic heterocycles.